The highest BCUT2D eigenvalue weighted by atomic mass is 15.0. The van der Waals surface area contributed by atoms with Crippen molar-refractivity contribution in [2.24, 2.45) is 16.7 Å². The van der Waals surface area contributed by atoms with Crippen LogP contribution in [0, 0.1) is 28.1 Å². The fraction of sp³-hybridized carbons (Fsp3) is 0.632. The third-order valence-corrected chi connectivity index (χ3v) is 6.03. The lowest BCUT2D eigenvalue weighted by atomic mass is 9.43. The quantitative estimate of drug-likeness (QED) is 0.851. The zero-order chi connectivity index (χ0) is 14.7. The molecule has 0 radical (unpaired) electrons. The monoisotopic (exact) mass is 280 g/mol. The first-order valence-electron chi connectivity index (χ1n) is 8.20. The normalized spacial score (nSPS) is 43.6. The zero-order valence-corrected chi connectivity index (χ0v) is 13.1. The van der Waals surface area contributed by atoms with Crippen molar-refractivity contribution in [1.29, 1.82) is 5.26 Å². The van der Waals surface area contributed by atoms with Gasteiger partial charge in [-0.2, -0.15) is 5.26 Å². The van der Waals surface area contributed by atoms with Gasteiger partial charge in [-0.3, -0.25) is 0 Å². The zero-order valence-electron chi connectivity index (χ0n) is 13.1. The molecule has 21 heavy (non-hydrogen) atoms. The highest BCUT2D eigenvalue weighted by Gasteiger charge is 2.60. The Morgan fingerprint density at radius 2 is 1.81 bits per heavy atom. The Hall–Kier alpha value is -1.49. The molecule has 2 heteroatoms. The van der Waals surface area contributed by atoms with E-state index in [-0.39, 0.29) is 5.54 Å². The van der Waals surface area contributed by atoms with E-state index < -0.39 is 0 Å². The number of rotatable bonds is 2. The fourth-order valence-electron chi connectivity index (χ4n) is 6.56. The minimum atomic E-state index is 0.261. The van der Waals surface area contributed by atoms with Gasteiger partial charge in [0.2, 0.25) is 0 Å². The Balaban J connectivity index is 1.66. The summed E-state index contributed by atoms with van der Waals surface area (Å²) in [5, 5.41) is 13.0. The van der Waals surface area contributed by atoms with Crippen molar-refractivity contribution in [3.8, 4) is 6.07 Å². The van der Waals surface area contributed by atoms with Gasteiger partial charge in [-0.05, 0) is 73.5 Å². The largest absolute Gasteiger partial charge is 0.380 e. The van der Waals surface area contributed by atoms with Crippen LogP contribution in [-0.2, 0) is 0 Å². The molecule has 1 aromatic rings. The molecular weight excluding hydrogens is 256 g/mol. The van der Waals surface area contributed by atoms with Crippen molar-refractivity contribution < 1.29 is 0 Å². The van der Waals surface area contributed by atoms with Crippen molar-refractivity contribution in [1.82, 2.24) is 0 Å². The van der Waals surface area contributed by atoms with Crippen molar-refractivity contribution in [3.63, 3.8) is 0 Å². The second-order valence-electron chi connectivity index (χ2n) is 8.73. The maximum Gasteiger partial charge on any atom is 0.0992 e. The summed E-state index contributed by atoms with van der Waals surface area (Å²) in [7, 11) is 0. The van der Waals surface area contributed by atoms with Gasteiger partial charge in [0.1, 0.15) is 0 Å². The minimum absolute atomic E-state index is 0.261. The van der Waals surface area contributed by atoms with E-state index in [2.05, 4.69) is 31.3 Å². The Bertz CT molecular complexity index is 609. The van der Waals surface area contributed by atoms with Crippen LogP contribution in [0.15, 0.2) is 24.3 Å². The molecule has 0 aromatic heterocycles. The van der Waals surface area contributed by atoms with Crippen LogP contribution in [0.4, 0.5) is 5.69 Å². The Morgan fingerprint density at radius 3 is 2.43 bits per heavy atom. The highest BCUT2D eigenvalue weighted by Crippen LogP contribution is 2.66. The number of hydrogen-bond donors (Lipinski definition) is 1. The lowest BCUT2D eigenvalue weighted by molar-refractivity contribution is -0.0972. The molecule has 110 valence electrons. The van der Waals surface area contributed by atoms with Gasteiger partial charge in [0, 0.05) is 11.2 Å². The van der Waals surface area contributed by atoms with Crippen LogP contribution in [0.5, 0.6) is 0 Å². The first kappa shape index (κ1) is 13.2. The van der Waals surface area contributed by atoms with Gasteiger partial charge in [0.25, 0.3) is 0 Å². The smallest absolute Gasteiger partial charge is 0.0992 e. The lowest BCUT2D eigenvalue weighted by Gasteiger charge is -2.65. The van der Waals surface area contributed by atoms with Gasteiger partial charge in [-0.1, -0.05) is 19.9 Å². The molecule has 0 heterocycles. The minimum Gasteiger partial charge on any atom is -0.380 e. The van der Waals surface area contributed by atoms with Crippen LogP contribution in [0.25, 0.3) is 0 Å². The van der Waals surface area contributed by atoms with Gasteiger partial charge in [-0.15, -0.1) is 0 Å². The summed E-state index contributed by atoms with van der Waals surface area (Å²) in [5.74, 6) is 0.892. The second kappa shape index (κ2) is 4.03. The number of benzene rings is 1. The van der Waals surface area contributed by atoms with Gasteiger partial charge < -0.3 is 5.32 Å². The standard InChI is InChI=1S/C19H24N2/c1-17-7-15-8-18(2,11-17)13-19(9-15,12-17)21-16-5-3-4-14(6-16)10-20/h3-6,15,21H,7-9,11-13H2,1-2H3. The van der Waals surface area contributed by atoms with E-state index in [0.717, 1.165) is 17.2 Å². The lowest BCUT2D eigenvalue weighted by Crippen LogP contribution is -2.61. The average molecular weight is 280 g/mol. The molecule has 0 aliphatic heterocycles. The van der Waals surface area contributed by atoms with Crippen LogP contribution in [0.1, 0.15) is 57.9 Å². The van der Waals surface area contributed by atoms with E-state index in [1.54, 1.807) is 0 Å². The van der Waals surface area contributed by atoms with E-state index in [9.17, 15) is 0 Å². The Labute approximate surface area is 127 Å². The molecule has 0 spiro atoms. The first-order valence-corrected chi connectivity index (χ1v) is 8.20. The number of nitriles is 1. The van der Waals surface area contributed by atoms with Gasteiger partial charge in [0.15, 0.2) is 0 Å². The molecule has 4 saturated carbocycles. The Morgan fingerprint density at radius 1 is 1.10 bits per heavy atom. The second-order valence-corrected chi connectivity index (χ2v) is 8.73. The van der Waals surface area contributed by atoms with Gasteiger partial charge >= 0.3 is 0 Å². The number of nitrogens with one attached hydrogen (secondary N) is 1. The van der Waals surface area contributed by atoms with E-state index in [4.69, 9.17) is 5.26 Å². The van der Waals surface area contributed by atoms with Crippen LogP contribution < -0.4 is 5.32 Å². The van der Waals surface area contributed by atoms with Crippen LogP contribution in [-0.4, -0.2) is 5.54 Å². The van der Waals surface area contributed by atoms with Crippen LogP contribution in [0.2, 0.25) is 0 Å². The predicted octanol–water partition coefficient (Wildman–Crippen LogP) is 4.72. The van der Waals surface area contributed by atoms with Gasteiger partial charge in [0.05, 0.1) is 11.6 Å². The summed E-state index contributed by atoms with van der Waals surface area (Å²) < 4.78 is 0. The molecular formula is C19H24N2. The topological polar surface area (TPSA) is 35.8 Å². The number of anilines is 1. The first-order chi connectivity index (χ1) is 9.92. The predicted molar refractivity (Wildman–Crippen MR) is 84.9 cm³/mol. The van der Waals surface area contributed by atoms with Crippen molar-refractivity contribution >= 4 is 5.69 Å². The number of hydrogen-bond acceptors (Lipinski definition) is 2. The molecule has 1 aromatic carbocycles. The van der Waals surface area contributed by atoms with E-state index in [1.165, 1.54) is 38.5 Å². The average Bonchev–Trinajstić information content (AvgIpc) is 2.33. The highest BCUT2D eigenvalue weighted by molar-refractivity contribution is 5.51. The Kier molecular flexibility index (Phi) is 2.53. The summed E-state index contributed by atoms with van der Waals surface area (Å²) in [6.45, 7) is 5.00. The molecule has 1 N–H and O–H groups in total. The van der Waals surface area contributed by atoms with Gasteiger partial charge in [-0.25, -0.2) is 0 Å². The summed E-state index contributed by atoms with van der Waals surface area (Å²) in [5.41, 5.74) is 3.18. The molecule has 4 aliphatic rings. The van der Waals surface area contributed by atoms with Crippen molar-refractivity contribution in [3.05, 3.63) is 29.8 Å². The van der Waals surface area contributed by atoms with Crippen molar-refractivity contribution in [2.45, 2.75) is 57.9 Å². The molecule has 0 saturated heterocycles. The fourth-order valence-corrected chi connectivity index (χ4v) is 6.56. The SMILES string of the molecule is CC12CC3CC(C)(C1)CC(Nc1cccc(C#N)c1)(C3)C2. The third-order valence-electron chi connectivity index (χ3n) is 6.03. The van der Waals surface area contributed by atoms with Crippen LogP contribution in [0.3, 0.4) is 0 Å². The molecule has 4 aliphatic carbocycles. The molecule has 5 rings (SSSR count). The maximum absolute atomic E-state index is 9.10. The molecule has 2 atom stereocenters. The maximum atomic E-state index is 9.10. The van der Waals surface area contributed by atoms with E-state index >= 15 is 0 Å². The molecule has 4 bridgehead atoms. The summed E-state index contributed by atoms with van der Waals surface area (Å²) in [4.78, 5) is 0. The van der Waals surface area contributed by atoms with E-state index in [1.807, 2.05) is 18.2 Å². The molecule has 4 fully saturated rings. The molecule has 2 nitrogen and oxygen atoms in total. The van der Waals surface area contributed by atoms with E-state index in [0.29, 0.717) is 10.8 Å². The third kappa shape index (κ3) is 2.14. The molecule has 2 unspecified atom stereocenters. The van der Waals surface area contributed by atoms with Crippen LogP contribution >= 0.6 is 0 Å². The summed E-state index contributed by atoms with van der Waals surface area (Å²) >= 11 is 0. The molecule has 0 amide bonds. The summed E-state index contributed by atoms with van der Waals surface area (Å²) in [6, 6.07) is 10.2. The summed E-state index contributed by atoms with van der Waals surface area (Å²) in [6.07, 6.45) is 8.15. The van der Waals surface area contributed by atoms with Crippen molar-refractivity contribution in [2.75, 3.05) is 5.32 Å². The number of nitrogens with zero attached hydrogens (tertiary/aromatic N) is 1.